The minimum absolute atomic E-state index is 0.547. The Balaban J connectivity index is 2.41. The van der Waals surface area contributed by atoms with Crippen molar-refractivity contribution < 1.29 is 0 Å². The van der Waals surface area contributed by atoms with E-state index in [0.29, 0.717) is 11.6 Å². The van der Waals surface area contributed by atoms with E-state index in [1.54, 1.807) is 18.5 Å². The van der Waals surface area contributed by atoms with E-state index in [0.717, 1.165) is 18.1 Å². The molecule has 0 atom stereocenters. The molecule has 0 amide bonds. The van der Waals surface area contributed by atoms with Crippen LogP contribution in [0.2, 0.25) is 0 Å². The molecule has 5 heteroatoms. The Bertz CT molecular complexity index is 469. The van der Waals surface area contributed by atoms with Crippen LogP contribution in [-0.4, -0.2) is 26.5 Å². The van der Waals surface area contributed by atoms with Crippen LogP contribution in [0, 0.1) is 6.92 Å². The van der Waals surface area contributed by atoms with Gasteiger partial charge in [-0.15, -0.1) is 0 Å². The van der Waals surface area contributed by atoms with Gasteiger partial charge >= 0.3 is 0 Å². The lowest BCUT2D eigenvalue weighted by Gasteiger charge is -2.05. The lowest BCUT2D eigenvalue weighted by molar-refractivity contribution is 1.04. The van der Waals surface area contributed by atoms with Crippen LogP contribution in [0.3, 0.4) is 0 Å². The first-order chi connectivity index (χ1) is 7.79. The zero-order valence-corrected chi connectivity index (χ0v) is 9.31. The highest BCUT2D eigenvalue weighted by molar-refractivity contribution is 5.48. The zero-order valence-electron chi connectivity index (χ0n) is 9.31. The van der Waals surface area contributed by atoms with Crippen LogP contribution < -0.4 is 5.32 Å². The summed E-state index contributed by atoms with van der Waals surface area (Å²) in [6.07, 6.45) is 3.36. The Morgan fingerprint density at radius 3 is 2.56 bits per heavy atom. The van der Waals surface area contributed by atoms with Crippen LogP contribution in [0.25, 0.3) is 11.6 Å². The number of rotatable bonds is 3. The molecule has 0 radical (unpaired) electrons. The number of aryl methyl sites for hydroxylation is 1. The standard InChI is InChI=1S/C11H13N5/c1-3-12-9-7-8(2)15-11(16-9)10-13-5-4-6-14-10/h4-7H,3H2,1-2H3,(H,12,15,16). The lowest BCUT2D eigenvalue weighted by Crippen LogP contribution is -2.03. The van der Waals surface area contributed by atoms with Gasteiger partial charge in [0.1, 0.15) is 5.82 Å². The predicted octanol–water partition coefficient (Wildman–Crippen LogP) is 1.67. The molecule has 5 nitrogen and oxygen atoms in total. The Labute approximate surface area is 94.0 Å². The molecule has 0 fully saturated rings. The lowest BCUT2D eigenvalue weighted by atomic mass is 10.4. The van der Waals surface area contributed by atoms with Crippen molar-refractivity contribution in [1.82, 2.24) is 19.9 Å². The van der Waals surface area contributed by atoms with Gasteiger partial charge in [0.05, 0.1) is 0 Å². The Morgan fingerprint density at radius 1 is 1.12 bits per heavy atom. The normalized spacial score (nSPS) is 10.1. The number of anilines is 1. The van der Waals surface area contributed by atoms with Gasteiger partial charge in [-0.05, 0) is 19.9 Å². The third-order valence-corrected chi connectivity index (χ3v) is 1.98. The molecule has 0 bridgehead atoms. The topological polar surface area (TPSA) is 63.6 Å². The van der Waals surface area contributed by atoms with E-state index in [4.69, 9.17) is 0 Å². The van der Waals surface area contributed by atoms with Crippen LogP contribution in [0.1, 0.15) is 12.6 Å². The van der Waals surface area contributed by atoms with Gasteiger partial charge in [-0.1, -0.05) is 0 Å². The van der Waals surface area contributed by atoms with Crippen LogP contribution in [-0.2, 0) is 0 Å². The van der Waals surface area contributed by atoms with E-state index < -0.39 is 0 Å². The van der Waals surface area contributed by atoms with Gasteiger partial charge in [-0.3, -0.25) is 0 Å². The number of nitrogens with zero attached hydrogens (tertiary/aromatic N) is 4. The molecule has 0 aliphatic heterocycles. The summed E-state index contributed by atoms with van der Waals surface area (Å²) in [5.41, 5.74) is 0.897. The molecule has 0 unspecified atom stereocenters. The number of nitrogens with one attached hydrogen (secondary N) is 1. The van der Waals surface area contributed by atoms with Crippen molar-refractivity contribution >= 4 is 5.82 Å². The van der Waals surface area contributed by atoms with E-state index in [1.165, 1.54) is 0 Å². The van der Waals surface area contributed by atoms with Crippen LogP contribution in [0.5, 0.6) is 0 Å². The molecule has 2 rings (SSSR count). The average Bonchev–Trinajstić information content (AvgIpc) is 2.30. The first-order valence-corrected chi connectivity index (χ1v) is 5.16. The first kappa shape index (κ1) is 10.5. The largest absolute Gasteiger partial charge is 0.370 e. The summed E-state index contributed by atoms with van der Waals surface area (Å²) < 4.78 is 0. The smallest absolute Gasteiger partial charge is 0.199 e. The molecule has 0 aliphatic carbocycles. The molecule has 2 aromatic heterocycles. The highest BCUT2D eigenvalue weighted by Gasteiger charge is 2.06. The van der Waals surface area contributed by atoms with Crippen molar-refractivity contribution in [2.45, 2.75) is 13.8 Å². The maximum absolute atomic E-state index is 4.35. The van der Waals surface area contributed by atoms with Crippen molar-refractivity contribution in [3.63, 3.8) is 0 Å². The van der Waals surface area contributed by atoms with Crippen molar-refractivity contribution in [2.24, 2.45) is 0 Å². The van der Waals surface area contributed by atoms with Gasteiger partial charge in [-0.2, -0.15) is 0 Å². The third kappa shape index (κ3) is 2.31. The zero-order chi connectivity index (χ0) is 11.4. The molecule has 0 aliphatic rings. The summed E-state index contributed by atoms with van der Waals surface area (Å²) in [4.78, 5) is 16.9. The highest BCUT2D eigenvalue weighted by Crippen LogP contribution is 2.12. The first-order valence-electron chi connectivity index (χ1n) is 5.16. The highest BCUT2D eigenvalue weighted by atomic mass is 15.1. The summed E-state index contributed by atoms with van der Waals surface area (Å²) in [6, 6.07) is 3.67. The summed E-state index contributed by atoms with van der Waals surface area (Å²) in [7, 11) is 0. The van der Waals surface area contributed by atoms with Crippen LogP contribution >= 0.6 is 0 Å². The maximum atomic E-state index is 4.35. The average molecular weight is 215 g/mol. The molecule has 0 saturated carbocycles. The van der Waals surface area contributed by atoms with E-state index >= 15 is 0 Å². The van der Waals surface area contributed by atoms with Crippen molar-refractivity contribution in [2.75, 3.05) is 11.9 Å². The number of aromatic nitrogens is 4. The van der Waals surface area contributed by atoms with Gasteiger partial charge in [0.15, 0.2) is 11.6 Å². The second-order valence-corrected chi connectivity index (χ2v) is 3.32. The monoisotopic (exact) mass is 215 g/mol. The molecular formula is C11H13N5. The fourth-order valence-corrected chi connectivity index (χ4v) is 1.35. The van der Waals surface area contributed by atoms with Crippen LogP contribution in [0.15, 0.2) is 24.5 Å². The summed E-state index contributed by atoms with van der Waals surface area (Å²) in [5.74, 6) is 1.90. The van der Waals surface area contributed by atoms with Gasteiger partial charge in [0.2, 0.25) is 0 Å². The second-order valence-electron chi connectivity index (χ2n) is 3.32. The molecule has 0 spiro atoms. The molecule has 1 N–H and O–H groups in total. The molecule has 2 heterocycles. The fraction of sp³-hybridized carbons (Fsp3) is 0.273. The van der Waals surface area contributed by atoms with E-state index in [-0.39, 0.29) is 0 Å². The Hall–Kier alpha value is -2.04. The third-order valence-electron chi connectivity index (χ3n) is 1.98. The minimum atomic E-state index is 0.547. The molecular weight excluding hydrogens is 202 g/mol. The van der Waals surface area contributed by atoms with E-state index in [1.807, 2.05) is 19.9 Å². The SMILES string of the molecule is CCNc1cc(C)nc(-c2ncccn2)n1. The van der Waals surface area contributed by atoms with Crippen LogP contribution in [0.4, 0.5) is 5.82 Å². The quantitative estimate of drug-likeness (QED) is 0.843. The number of hydrogen-bond donors (Lipinski definition) is 1. The Morgan fingerprint density at radius 2 is 1.88 bits per heavy atom. The van der Waals surface area contributed by atoms with E-state index in [2.05, 4.69) is 25.3 Å². The van der Waals surface area contributed by atoms with Gasteiger partial charge in [0, 0.05) is 30.7 Å². The summed E-state index contributed by atoms with van der Waals surface area (Å²) in [5, 5.41) is 3.15. The van der Waals surface area contributed by atoms with Crippen molar-refractivity contribution in [3.8, 4) is 11.6 Å². The summed E-state index contributed by atoms with van der Waals surface area (Å²) in [6.45, 7) is 4.77. The summed E-state index contributed by atoms with van der Waals surface area (Å²) >= 11 is 0. The molecule has 2 aromatic rings. The second kappa shape index (κ2) is 4.65. The molecule has 16 heavy (non-hydrogen) atoms. The number of hydrogen-bond acceptors (Lipinski definition) is 5. The van der Waals surface area contributed by atoms with Gasteiger partial charge < -0.3 is 5.32 Å². The molecule has 0 saturated heterocycles. The minimum Gasteiger partial charge on any atom is -0.370 e. The van der Waals surface area contributed by atoms with Gasteiger partial charge in [-0.25, -0.2) is 19.9 Å². The maximum Gasteiger partial charge on any atom is 0.199 e. The van der Waals surface area contributed by atoms with Crippen molar-refractivity contribution in [3.05, 3.63) is 30.2 Å². The van der Waals surface area contributed by atoms with Gasteiger partial charge in [0.25, 0.3) is 0 Å². The Kier molecular flexibility index (Phi) is 3.05. The van der Waals surface area contributed by atoms with E-state index in [9.17, 15) is 0 Å². The van der Waals surface area contributed by atoms with Crippen molar-refractivity contribution in [1.29, 1.82) is 0 Å². The fourth-order valence-electron chi connectivity index (χ4n) is 1.35. The molecule has 82 valence electrons. The predicted molar refractivity (Wildman–Crippen MR) is 62.0 cm³/mol. The molecule has 0 aromatic carbocycles.